The summed E-state index contributed by atoms with van der Waals surface area (Å²) in [5, 5.41) is 0. The summed E-state index contributed by atoms with van der Waals surface area (Å²) in [6, 6.07) is 57.9. The van der Waals surface area contributed by atoms with Gasteiger partial charge >= 0.3 is 0 Å². The maximum Gasteiger partial charge on any atom is -0.0154 e. The highest BCUT2D eigenvalue weighted by Crippen LogP contribution is 2.33. The van der Waals surface area contributed by atoms with E-state index >= 15 is 0 Å². The third-order valence-corrected chi connectivity index (χ3v) is 9.17. The lowest BCUT2D eigenvalue weighted by Gasteiger charge is -2.11. The molecule has 0 N–H and O–H groups in total. The molecule has 0 saturated carbocycles. The molecule has 0 aliphatic rings. The molecule has 0 aliphatic carbocycles. The van der Waals surface area contributed by atoms with Crippen molar-refractivity contribution in [3.8, 4) is 66.8 Å². The lowest BCUT2D eigenvalue weighted by Crippen LogP contribution is -1.87. The van der Waals surface area contributed by atoms with E-state index in [0.29, 0.717) is 0 Å². The smallest absolute Gasteiger partial charge is 0.0154 e. The fourth-order valence-corrected chi connectivity index (χ4v) is 6.37. The molecule has 0 spiro atoms. The minimum absolute atomic E-state index is 1.22. The van der Waals surface area contributed by atoms with Gasteiger partial charge in [0.2, 0.25) is 0 Å². The van der Waals surface area contributed by atoms with Crippen molar-refractivity contribution in [2.24, 2.45) is 0 Å². The molecule has 0 bridgehead atoms. The van der Waals surface area contributed by atoms with Gasteiger partial charge < -0.3 is 0 Å². The van der Waals surface area contributed by atoms with Gasteiger partial charge in [-0.1, -0.05) is 169 Å². The van der Waals surface area contributed by atoms with Crippen molar-refractivity contribution in [3.63, 3.8) is 0 Å². The van der Waals surface area contributed by atoms with Crippen molar-refractivity contribution in [3.05, 3.63) is 180 Å². The van der Waals surface area contributed by atoms with Crippen LogP contribution in [-0.4, -0.2) is 0 Å². The highest BCUT2D eigenvalue weighted by atomic mass is 14.1. The second-order valence-corrected chi connectivity index (χ2v) is 12.5. The SMILES string of the molecule is Cc1ccc(-c2ccc(-c3ccc(-c4ccc(-c5ccc(-c6ccc(-c7ccc(C)cc7)c(C)c6)cc5)cc4)cc3)cc2C)cc1. The number of rotatable bonds is 6. The van der Waals surface area contributed by atoms with E-state index in [1.807, 2.05) is 0 Å². The molecule has 222 valence electrons. The van der Waals surface area contributed by atoms with E-state index in [0.717, 1.165) is 0 Å². The van der Waals surface area contributed by atoms with Gasteiger partial charge in [0.1, 0.15) is 0 Å². The van der Waals surface area contributed by atoms with Crippen LogP contribution < -0.4 is 0 Å². The highest BCUT2D eigenvalue weighted by molar-refractivity contribution is 5.78. The largest absolute Gasteiger partial charge is 0.0587 e. The summed E-state index contributed by atoms with van der Waals surface area (Å²) in [5.74, 6) is 0. The molecule has 0 fully saturated rings. The van der Waals surface area contributed by atoms with E-state index in [2.05, 4.69) is 185 Å². The Hall–Kier alpha value is -5.46. The summed E-state index contributed by atoms with van der Waals surface area (Å²) >= 11 is 0. The van der Waals surface area contributed by atoms with Gasteiger partial charge in [0.05, 0.1) is 0 Å². The molecule has 0 unspecified atom stereocenters. The fraction of sp³-hybridized carbons (Fsp3) is 0.0870. The van der Waals surface area contributed by atoms with Crippen LogP contribution in [0.5, 0.6) is 0 Å². The predicted octanol–water partition coefficient (Wildman–Crippen LogP) is 12.9. The molecule has 0 aliphatic heterocycles. The van der Waals surface area contributed by atoms with Gasteiger partial charge in [-0.05, 0) is 106 Å². The van der Waals surface area contributed by atoms with E-state index in [1.54, 1.807) is 0 Å². The molecule has 0 heteroatoms. The Morgan fingerprint density at radius 3 is 0.696 bits per heavy atom. The van der Waals surface area contributed by atoms with Gasteiger partial charge in [-0.3, -0.25) is 0 Å². The zero-order chi connectivity index (χ0) is 31.6. The number of hydrogen-bond acceptors (Lipinski definition) is 0. The number of hydrogen-bond donors (Lipinski definition) is 0. The van der Waals surface area contributed by atoms with Crippen LogP contribution in [-0.2, 0) is 0 Å². The van der Waals surface area contributed by atoms with E-state index in [9.17, 15) is 0 Å². The zero-order valence-electron chi connectivity index (χ0n) is 27.0. The Morgan fingerprint density at radius 1 is 0.217 bits per heavy atom. The molecule has 0 atom stereocenters. The first-order chi connectivity index (χ1) is 22.4. The Kier molecular flexibility index (Phi) is 7.95. The third kappa shape index (κ3) is 6.08. The Morgan fingerprint density at radius 2 is 0.435 bits per heavy atom. The van der Waals surface area contributed by atoms with Crippen LogP contribution in [0.4, 0.5) is 0 Å². The maximum absolute atomic E-state index is 2.30. The Bertz CT molecular complexity index is 1950. The molecular formula is C46H38. The van der Waals surface area contributed by atoms with Crippen LogP contribution >= 0.6 is 0 Å². The van der Waals surface area contributed by atoms with Crippen molar-refractivity contribution in [1.29, 1.82) is 0 Å². The van der Waals surface area contributed by atoms with Gasteiger partial charge in [-0.2, -0.15) is 0 Å². The van der Waals surface area contributed by atoms with E-state index in [1.165, 1.54) is 89.0 Å². The maximum atomic E-state index is 2.30. The Labute approximate surface area is 273 Å². The van der Waals surface area contributed by atoms with Crippen LogP contribution in [0, 0.1) is 27.7 Å². The van der Waals surface area contributed by atoms with Gasteiger partial charge in [-0.15, -0.1) is 0 Å². The van der Waals surface area contributed by atoms with E-state index < -0.39 is 0 Å². The first-order valence-corrected chi connectivity index (χ1v) is 16.1. The Balaban J connectivity index is 1.04. The number of aryl methyl sites for hydroxylation is 4. The molecule has 0 saturated heterocycles. The molecule has 0 amide bonds. The zero-order valence-corrected chi connectivity index (χ0v) is 27.0. The lowest BCUT2D eigenvalue weighted by atomic mass is 9.93. The highest BCUT2D eigenvalue weighted by Gasteiger charge is 2.08. The van der Waals surface area contributed by atoms with E-state index in [-0.39, 0.29) is 0 Å². The second-order valence-electron chi connectivity index (χ2n) is 12.5. The summed E-state index contributed by atoms with van der Waals surface area (Å²) in [5.41, 5.74) is 20.1. The molecule has 7 aromatic rings. The quantitative estimate of drug-likeness (QED) is 0.181. The van der Waals surface area contributed by atoms with Gasteiger partial charge in [0, 0.05) is 0 Å². The average molecular weight is 591 g/mol. The predicted molar refractivity (Wildman–Crippen MR) is 198 cm³/mol. The first-order valence-electron chi connectivity index (χ1n) is 16.1. The van der Waals surface area contributed by atoms with Crippen molar-refractivity contribution in [2.45, 2.75) is 27.7 Å². The van der Waals surface area contributed by atoms with Gasteiger partial charge in [0.25, 0.3) is 0 Å². The summed E-state index contributed by atoms with van der Waals surface area (Å²) in [7, 11) is 0. The van der Waals surface area contributed by atoms with Crippen molar-refractivity contribution in [2.75, 3.05) is 0 Å². The first kappa shape index (κ1) is 29.3. The van der Waals surface area contributed by atoms with Crippen molar-refractivity contribution < 1.29 is 0 Å². The topological polar surface area (TPSA) is 0 Å². The van der Waals surface area contributed by atoms with Crippen molar-refractivity contribution in [1.82, 2.24) is 0 Å². The molecule has 7 aromatic carbocycles. The molecule has 46 heavy (non-hydrogen) atoms. The van der Waals surface area contributed by atoms with Gasteiger partial charge in [-0.25, -0.2) is 0 Å². The summed E-state index contributed by atoms with van der Waals surface area (Å²) < 4.78 is 0. The normalized spacial score (nSPS) is 11.0. The summed E-state index contributed by atoms with van der Waals surface area (Å²) in [6.45, 7) is 8.66. The number of benzene rings is 7. The second kappa shape index (κ2) is 12.5. The van der Waals surface area contributed by atoms with Crippen LogP contribution in [0.1, 0.15) is 22.3 Å². The molecule has 7 rings (SSSR count). The van der Waals surface area contributed by atoms with E-state index in [4.69, 9.17) is 0 Å². The summed E-state index contributed by atoms with van der Waals surface area (Å²) in [6.07, 6.45) is 0. The van der Waals surface area contributed by atoms with Crippen molar-refractivity contribution >= 4 is 0 Å². The fourth-order valence-electron chi connectivity index (χ4n) is 6.37. The standard InChI is InChI=1S/C46H38/c1-31-5-9-41(10-6-31)45-27-25-43(29-33(45)3)39-21-17-37(18-22-39)35-13-15-36(16-14-35)38-19-23-40(24-20-38)44-26-28-46(34(4)30-44)42-11-7-32(2)8-12-42/h5-30H,1-4H3. The third-order valence-electron chi connectivity index (χ3n) is 9.17. The monoisotopic (exact) mass is 590 g/mol. The average Bonchev–Trinajstić information content (AvgIpc) is 3.09. The van der Waals surface area contributed by atoms with Crippen LogP contribution in [0.25, 0.3) is 66.8 Å². The molecule has 0 heterocycles. The minimum atomic E-state index is 1.22. The van der Waals surface area contributed by atoms with Crippen LogP contribution in [0.3, 0.4) is 0 Å². The molecule has 0 radical (unpaired) electrons. The minimum Gasteiger partial charge on any atom is -0.0587 e. The molecular weight excluding hydrogens is 553 g/mol. The van der Waals surface area contributed by atoms with Crippen LogP contribution in [0.15, 0.2) is 158 Å². The molecule has 0 aromatic heterocycles. The lowest BCUT2D eigenvalue weighted by molar-refractivity contribution is 1.43. The molecule has 0 nitrogen and oxygen atoms in total. The van der Waals surface area contributed by atoms with Crippen LogP contribution in [0.2, 0.25) is 0 Å². The van der Waals surface area contributed by atoms with Gasteiger partial charge in [0.15, 0.2) is 0 Å². The summed E-state index contributed by atoms with van der Waals surface area (Å²) in [4.78, 5) is 0.